The zero-order valence-electron chi connectivity index (χ0n) is 15.0. The van der Waals surface area contributed by atoms with Crippen LogP contribution in [0.15, 0.2) is 58.0 Å². The Morgan fingerprint density at radius 1 is 1.27 bits per heavy atom. The first-order valence-corrected chi connectivity index (χ1v) is 9.77. The molecule has 1 atom stereocenters. The van der Waals surface area contributed by atoms with Crippen molar-refractivity contribution < 1.29 is 5.11 Å². The van der Waals surface area contributed by atoms with Gasteiger partial charge in [0, 0.05) is 30.1 Å². The number of nitrogens with one attached hydrogen (secondary N) is 2. The van der Waals surface area contributed by atoms with Gasteiger partial charge in [0.1, 0.15) is 5.75 Å². The first kappa shape index (κ1) is 18.6. The summed E-state index contributed by atoms with van der Waals surface area (Å²) in [5.74, 6) is 1.09. The third kappa shape index (κ3) is 4.91. The molecule has 0 aromatic heterocycles. The zero-order chi connectivity index (χ0) is 18.4. The number of hydrogen-bond acceptors (Lipinski definition) is 3. The zero-order valence-corrected chi connectivity index (χ0v) is 16.5. The largest absolute Gasteiger partial charge is 0.508 e. The van der Waals surface area contributed by atoms with E-state index in [1.807, 2.05) is 18.2 Å². The van der Waals surface area contributed by atoms with Gasteiger partial charge in [0.2, 0.25) is 0 Å². The third-order valence-electron chi connectivity index (χ3n) is 4.40. The Morgan fingerprint density at radius 3 is 2.88 bits per heavy atom. The number of phenols is 1. The summed E-state index contributed by atoms with van der Waals surface area (Å²) in [7, 11) is 0. The van der Waals surface area contributed by atoms with E-state index in [1.165, 1.54) is 5.69 Å². The van der Waals surface area contributed by atoms with Crippen LogP contribution < -0.4 is 15.5 Å². The molecule has 1 saturated heterocycles. The molecule has 5 nitrogen and oxygen atoms in total. The van der Waals surface area contributed by atoms with Crippen LogP contribution in [-0.4, -0.2) is 36.7 Å². The van der Waals surface area contributed by atoms with Gasteiger partial charge in [-0.25, -0.2) is 4.99 Å². The number of hydrogen-bond donors (Lipinski definition) is 3. The molecule has 3 N–H and O–H groups in total. The average molecular weight is 417 g/mol. The molecule has 1 unspecified atom stereocenters. The Hall–Kier alpha value is -2.21. The second-order valence-electron chi connectivity index (χ2n) is 6.39. The minimum atomic E-state index is 0.274. The van der Waals surface area contributed by atoms with Crippen molar-refractivity contribution in [2.75, 3.05) is 24.5 Å². The van der Waals surface area contributed by atoms with E-state index in [0.29, 0.717) is 12.6 Å². The smallest absolute Gasteiger partial charge is 0.191 e. The molecule has 2 aromatic carbocycles. The van der Waals surface area contributed by atoms with E-state index < -0.39 is 0 Å². The van der Waals surface area contributed by atoms with Crippen LogP contribution in [0.5, 0.6) is 5.75 Å². The van der Waals surface area contributed by atoms with Gasteiger partial charge in [-0.05, 0) is 59.1 Å². The fourth-order valence-corrected chi connectivity index (χ4v) is 3.68. The summed E-state index contributed by atoms with van der Waals surface area (Å²) >= 11 is 3.64. The number of para-hydroxylation sites is 1. The molecule has 0 bridgehead atoms. The van der Waals surface area contributed by atoms with Crippen LogP contribution in [0, 0.1) is 0 Å². The Labute approximate surface area is 163 Å². The fourth-order valence-electron chi connectivity index (χ4n) is 3.14. The van der Waals surface area contributed by atoms with Crippen molar-refractivity contribution in [1.82, 2.24) is 10.6 Å². The molecule has 0 saturated carbocycles. The maximum Gasteiger partial charge on any atom is 0.191 e. The van der Waals surface area contributed by atoms with Crippen LogP contribution in [0.4, 0.5) is 5.69 Å². The molecule has 2 aromatic rings. The highest BCUT2D eigenvalue weighted by molar-refractivity contribution is 9.10. The Kier molecular flexibility index (Phi) is 6.39. The molecule has 0 aliphatic carbocycles. The minimum absolute atomic E-state index is 0.274. The second kappa shape index (κ2) is 8.94. The number of benzene rings is 2. The summed E-state index contributed by atoms with van der Waals surface area (Å²) in [6, 6.07) is 15.9. The first-order chi connectivity index (χ1) is 12.7. The predicted molar refractivity (Wildman–Crippen MR) is 111 cm³/mol. The van der Waals surface area contributed by atoms with E-state index >= 15 is 0 Å². The average Bonchev–Trinajstić information content (AvgIpc) is 3.09. The molecule has 3 rings (SSSR count). The number of aliphatic imine (C=N–C) groups is 1. The van der Waals surface area contributed by atoms with Crippen LogP contribution in [-0.2, 0) is 6.54 Å². The highest BCUT2D eigenvalue weighted by Crippen LogP contribution is 2.28. The van der Waals surface area contributed by atoms with Crippen molar-refractivity contribution in [1.29, 1.82) is 0 Å². The molecule has 1 fully saturated rings. The molecule has 0 radical (unpaired) electrons. The fraction of sp³-hybridized carbons (Fsp3) is 0.350. The van der Waals surface area contributed by atoms with Gasteiger partial charge in [-0.2, -0.15) is 0 Å². The topological polar surface area (TPSA) is 59.9 Å². The lowest BCUT2D eigenvalue weighted by Crippen LogP contribution is -2.44. The van der Waals surface area contributed by atoms with E-state index in [1.54, 1.807) is 12.1 Å². The highest BCUT2D eigenvalue weighted by Gasteiger charge is 2.24. The van der Waals surface area contributed by atoms with Crippen LogP contribution in [0.25, 0.3) is 0 Å². The highest BCUT2D eigenvalue weighted by atomic mass is 79.9. The van der Waals surface area contributed by atoms with Gasteiger partial charge in [-0.15, -0.1) is 0 Å². The van der Waals surface area contributed by atoms with Gasteiger partial charge in [0.15, 0.2) is 5.96 Å². The van der Waals surface area contributed by atoms with Gasteiger partial charge >= 0.3 is 0 Å². The van der Waals surface area contributed by atoms with Crippen molar-refractivity contribution in [2.45, 2.75) is 25.9 Å². The number of anilines is 1. The van der Waals surface area contributed by atoms with E-state index in [0.717, 1.165) is 42.1 Å². The summed E-state index contributed by atoms with van der Waals surface area (Å²) in [6.07, 6.45) is 1.07. The molecule has 26 heavy (non-hydrogen) atoms. The molecule has 138 valence electrons. The van der Waals surface area contributed by atoms with Gasteiger partial charge in [0.05, 0.1) is 12.2 Å². The number of rotatable bonds is 5. The lowest BCUT2D eigenvalue weighted by molar-refractivity contribution is 0.474. The summed E-state index contributed by atoms with van der Waals surface area (Å²) in [6.45, 7) is 5.37. The van der Waals surface area contributed by atoms with Crippen LogP contribution in [0.2, 0.25) is 0 Å². The first-order valence-electron chi connectivity index (χ1n) is 8.98. The van der Waals surface area contributed by atoms with Crippen molar-refractivity contribution in [3.8, 4) is 5.75 Å². The Bertz CT molecular complexity index is 765. The molecule has 1 aliphatic heterocycles. The molecule has 1 aliphatic rings. The number of nitrogens with zero attached hydrogens (tertiary/aromatic N) is 2. The van der Waals surface area contributed by atoms with Crippen LogP contribution in [0.3, 0.4) is 0 Å². The van der Waals surface area contributed by atoms with Crippen LogP contribution >= 0.6 is 15.9 Å². The summed E-state index contributed by atoms with van der Waals surface area (Å²) in [4.78, 5) is 7.05. The van der Waals surface area contributed by atoms with Gasteiger partial charge in [0.25, 0.3) is 0 Å². The molecule has 1 heterocycles. The van der Waals surface area contributed by atoms with Crippen LogP contribution in [0.1, 0.15) is 18.9 Å². The number of guanidine groups is 1. The summed E-state index contributed by atoms with van der Waals surface area (Å²) < 4.78 is 1.13. The quantitative estimate of drug-likeness (QED) is 0.515. The number of halogens is 1. The maximum absolute atomic E-state index is 9.58. The van der Waals surface area contributed by atoms with E-state index in [9.17, 15) is 5.11 Å². The van der Waals surface area contributed by atoms with Gasteiger partial charge in [-0.3, -0.25) is 0 Å². The van der Waals surface area contributed by atoms with Crippen molar-refractivity contribution in [3.63, 3.8) is 0 Å². The number of phenolic OH excluding ortho intramolecular Hbond substituents is 1. The third-order valence-corrected chi connectivity index (χ3v) is 5.07. The molecule has 6 heteroatoms. The summed E-state index contributed by atoms with van der Waals surface area (Å²) in [5.41, 5.74) is 2.22. The lowest BCUT2D eigenvalue weighted by Gasteiger charge is -2.21. The Balaban J connectivity index is 1.61. The van der Waals surface area contributed by atoms with Crippen molar-refractivity contribution >= 4 is 27.6 Å². The Morgan fingerprint density at radius 2 is 2.12 bits per heavy atom. The van der Waals surface area contributed by atoms with E-state index in [2.05, 4.69) is 61.6 Å². The van der Waals surface area contributed by atoms with Crippen molar-refractivity contribution in [2.24, 2.45) is 4.99 Å². The van der Waals surface area contributed by atoms with Gasteiger partial charge in [-0.1, -0.05) is 24.3 Å². The SMILES string of the molecule is CCNC(=NCc1cccc(O)c1)NC1CCN(c2ccccc2Br)C1. The predicted octanol–water partition coefficient (Wildman–Crippen LogP) is 3.49. The standard InChI is InChI=1S/C20H25BrN4O/c1-2-22-20(23-13-15-6-5-7-17(26)12-15)24-16-10-11-25(14-16)19-9-4-3-8-18(19)21/h3-9,12,16,26H,2,10-11,13-14H2,1H3,(H2,22,23,24). The molecular weight excluding hydrogens is 392 g/mol. The molecule has 0 spiro atoms. The van der Waals surface area contributed by atoms with E-state index in [4.69, 9.17) is 0 Å². The molecule has 0 amide bonds. The normalized spacial score (nSPS) is 17.4. The van der Waals surface area contributed by atoms with Crippen molar-refractivity contribution in [3.05, 3.63) is 58.6 Å². The van der Waals surface area contributed by atoms with Gasteiger partial charge < -0.3 is 20.6 Å². The maximum atomic E-state index is 9.58. The monoisotopic (exact) mass is 416 g/mol. The minimum Gasteiger partial charge on any atom is -0.508 e. The van der Waals surface area contributed by atoms with E-state index in [-0.39, 0.29) is 5.75 Å². The lowest BCUT2D eigenvalue weighted by atomic mass is 10.2. The number of aromatic hydroxyl groups is 1. The molecular formula is C20H25BrN4O. The second-order valence-corrected chi connectivity index (χ2v) is 7.25. The summed E-state index contributed by atoms with van der Waals surface area (Å²) in [5, 5.41) is 16.4.